The van der Waals surface area contributed by atoms with Crippen molar-refractivity contribution in [2.45, 2.75) is 45.2 Å². The summed E-state index contributed by atoms with van der Waals surface area (Å²) in [5.41, 5.74) is 1.59. The van der Waals surface area contributed by atoms with Gasteiger partial charge < -0.3 is 19.7 Å². The predicted molar refractivity (Wildman–Crippen MR) is 132 cm³/mol. The second kappa shape index (κ2) is 10.2. The van der Waals surface area contributed by atoms with Crippen LogP contribution in [0.5, 0.6) is 5.75 Å². The number of nitrogens with zero attached hydrogens (tertiary/aromatic N) is 2. The quantitative estimate of drug-likeness (QED) is 0.431. The first-order valence-electron chi connectivity index (χ1n) is 11.4. The molecule has 0 unspecified atom stereocenters. The van der Waals surface area contributed by atoms with Crippen LogP contribution in [0.25, 0.3) is 0 Å². The molecular weight excluding hydrogens is 454 g/mol. The molecule has 9 heteroatoms. The van der Waals surface area contributed by atoms with Crippen LogP contribution in [0.2, 0.25) is 0 Å². The number of hydrogen-bond donors (Lipinski definition) is 1. The van der Waals surface area contributed by atoms with Crippen LogP contribution in [0.4, 0.5) is 11.4 Å². The molecule has 2 amide bonds. The summed E-state index contributed by atoms with van der Waals surface area (Å²) in [5, 5.41) is 3.24. The zero-order valence-electron chi connectivity index (χ0n) is 19.2. The van der Waals surface area contributed by atoms with Crippen molar-refractivity contribution < 1.29 is 23.9 Å². The lowest BCUT2D eigenvalue weighted by Crippen LogP contribution is -2.39. The highest BCUT2D eigenvalue weighted by Crippen LogP contribution is 2.37. The van der Waals surface area contributed by atoms with Crippen molar-refractivity contribution in [2.75, 3.05) is 23.4 Å². The predicted octanol–water partition coefficient (Wildman–Crippen LogP) is 3.76. The van der Waals surface area contributed by atoms with Crippen LogP contribution in [0.15, 0.2) is 48.5 Å². The Balaban J connectivity index is 1.48. The summed E-state index contributed by atoms with van der Waals surface area (Å²) in [7, 11) is 0. The first kappa shape index (κ1) is 23.7. The Labute approximate surface area is 203 Å². The zero-order chi connectivity index (χ0) is 24.2. The molecule has 0 spiro atoms. The summed E-state index contributed by atoms with van der Waals surface area (Å²) in [5.74, 6) is -0.215. The number of carbonyl (C=O) groups is 3. The van der Waals surface area contributed by atoms with Crippen molar-refractivity contribution in [2.24, 2.45) is 0 Å². The second-order valence-corrected chi connectivity index (χ2v) is 8.45. The van der Waals surface area contributed by atoms with E-state index in [2.05, 4.69) is 5.32 Å². The number of benzene rings is 2. The van der Waals surface area contributed by atoms with Gasteiger partial charge in [0, 0.05) is 11.7 Å². The SMILES string of the molecule is CCOC(=O)c1ccc(N2C(=O)[C@H](CC(=O)Nc3ccc(OCC)cc3)N(C3CC3)C2=S)cc1. The minimum absolute atomic E-state index is 0.0138. The van der Waals surface area contributed by atoms with E-state index < -0.39 is 12.0 Å². The molecule has 34 heavy (non-hydrogen) atoms. The van der Waals surface area contributed by atoms with Gasteiger partial charge in [-0.2, -0.15) is 0 Å². The standard InChI is InChI=1S/C25H27N3O5S/c1-3-32-20-13-7-17(8-14-20)26-22(29)15-21-23(30)28(25(34)27(21)18-11-12-18)19-9-5-16(6-10-19)24(31)33-4-2/h5-10,13-14,18,21H,3-4,11-12,15H2,1-2H3,(H,26,29)/t21-/m0/s1. The highest BCUT2D eigenvalue weighted by molar-refractivity contribution is 7.80. The topological polar surface area (TPSA) is 88.2 Å². The Morgan fingerprint density at radius 1 is 1.03 bits per heavy atom. The lowest BCUT2D eigenvalue weighted by molar-refractivity contribution is -0.124. The lowest BCUT2D eigenvalue weighted by Gasteiger charge is -2.23. The Kier molecular flexibility index (Phi) is 7.12. The Hall–Kier alpha value is -3.46. The molecule has 8 nitrogen and oxygen atoms in total. The number of anilines is 2. The molecular formula is C25H27N3O5S. The fraction of sp³-hybridized carbons (Fsp3) is 0.360. The van der Waals surface area contributed by atoms with Gasteiger partial charge in [0.05, 0.1) is 30.9 Å². The maximum atomic E-state index is 13.4. The van der Waals surface area contributed by atoms with Gasteiger partial charge in [0.2, 0.25) is 5.91 Å². The van der Waals surface area contributed by atoms with Crippen LogP contribution < -0.4 is 15.0 Å². The normalized spacial score (nSPS) is 17.6. The molecule has 178 valence electrons. The molecule has 4 rings (SSSR count). The van der Waals surface area contributed by atoms with Crippen molar-refractivity contribution in [1.29, 1.82) is 0 Å². The van der Waals surface area contributed by atoms with Gasteiger partial charge in [0.15, 0.2) is 5.11 Å². The van der Waals surface area contributed by atoms with Gasteiger partial charge in [-0.15, -0.1) is 0 Å². The van der Waals surface area contributed by atoms with Gasteiger partial charge in [-0.1, -0.05) is 0 Å². The van der Waals surface area contributed by atoms with Crippen molar-refractivity contribution >= 4 is 46.5 Å². The summed E-state index contributed by atoms with van der Waals surface area (Å²) in [6.45, 7) is 4.50. The summed E-state index contributed by atoms with van der Waals surface area (Å²) in [6, 6.07) is 13.1. The van der Waals surface area contributed by atoms with E-state index in [0.29, 0.717) is 28.7 Å². The largest absolute Gasteiger partial charge is 0.494 e. The van der Waals surface area contributed by atoms with E-state index in [-0.39, 0.29) is 30.9 Å². The highest BCUT2D eigenvalue weighted by Gasteiger charge is 2.49. The van der Waals surface area contributed by atoms with Crippen molar-refractivity contribution in [1.82, 2.24) is 4.90 Å². The number of nitrogens with one attached hydrogen (secondary N) is 1. The summed E-state index contributed by atoms with van der Waals surface area (Å²) in [4.78, 5) is 41.5. The fourth-order valence-corrected chi connectivity index (χ4v) is 4.42. The molecule has 0 radical (unpaired) electrons. The van der Waals surface area contributed by atoms with E-state index in [1.54, 1.807) is 55.5 Å². The molecule has 1 saturated carbocycles. The van der Waals surface area contributed by atoms with Crippen molar-refractivity contribution in [3.63, 3.8) is 0 Å². The molecule has 1 aliphatic heterocycles. The fourth-order valence-electron chi connectivity index (χ4n) is 3.95. The summed E-state index contributed by atoms with van der Waals surface area (Å²) >= 11 is 5.66. The molecule has 1 heterocycles. The van der Waals surface area contributed by atoms with E-state index in [0.717, 1.165) is 18.6 Å². The van der Waals surface area contributed by atoms with Crippen LogP contribution in [-0.2, 0) is 14.3 Å². The van der Waals surface area contributed by atoms with Gasteiger partial charge in [-0.05, 0) is 87.4 Å². The van der Waals surface area contributed by atoms with Gasteiger partial charge in [-0.3, -0.25) is 14.5 Å². The van der Waals surface area contributed by atoms with E-state index in [4.69, 9.17) is 21.7 Å². The maximum Gasteiger partial charge on any atom is 0.338 e. The summed E-state index contributed by atoms with van der Waals surface area (Å²) < 4.78 is 10.4. The third-order valence-electron chi connectivity index (χ3n) is 5.66. The monoisotopic (exact) mass is 481 g/mol. The summed E-state index contributed by atoms with van der Waals surface area (Å²) in [6.07, 6.45) is 1.85. The van der Waals surface area contributed by atoms with Crippen LogP contribution in [0.3, 0.4) is 0 Å². The number of hydrogen-bond acceptors (Lipinski definition) is 6. The average molecular weight is 482 g/mol. The molecule has 1 saturated heterocycles. The van der Waals surface area contributed by atoms with Gasteiger partial charge >= 0.3 is 5.97 Å². The number of amides is 2. The third-order valence-corrected chi connectivity index (χ3v) is 6.05. The zero-order valence-corrected chi connectivity index (χ0v) is 20.0. The van der Waals surface area contributed by atoms with E-state index in [1.807, 2.05) is 11.8 Å². The third kappa shape index (κ3) is 5.04. The van der Waals surface area contributed by atoms with Crippen LogP contribution in [0.1, 0.15) is 43.5 Å². The van der Waals surface area contributed by atoms with E-state index in [9.17, 15) is 14.4 Å². The number of carbonyl (C=O) groups excluding carboxylic acids is 3. The van der Waals surface area contributed by atoms with Crippen LogP contribution in [-0.4, -0.2) is 53.1 Å². The smallest absolute Gasteiger partial charge is 0.338 e. The van der Waals surface area contributed by atoms with Crippen LogP contribution >= 0.6 is 12.2 Å². The lowest BCUT2D eigenvalue weighted by atomic mass is 10.1. The Bertz CT molecular complexity index is 1080. The molecule has 0 bridgehead atoms. The van der Waals surface area contributed by atoms with E-state index >= 15 is 0 Å². The number of esters is 1. The van der Waals surface area contributed by atoms with Crippen LogP contribution in [0, 0.1) is 0 Å². The minimum Gasteiger partial charge on any atom is -0.494 e. The average Bonchev–Trinajstić information content (AvgIpc) is 3.62. The Morgan fingerprint density at radius 2 is 1.71 bits per heavy atom. The molecule has 0 aromatic heterocycles. The number of rotatable bonds is 9. The molecule has 2 aliphatic rings. The van der Waals surface area contributed by atoms with Gasteiger partial charge in [0.1, 0.15) is 11.8 Å². The van der Waals surface area contributed by atoms with Crippen molar-refractivity contribution in [3.8, 4) is 5.75 Å². The number of thiocarbonyl (C=S) groups is 1. The molecule has 1 atom stereocenters. The minimum atomic E-state index is -0.674. The molecule has 2 aromatic rings. The highest BCUT2D eigenvalue weighted by atomic mass is 32.1. The first-order chi connectivity index (χ1) is 16.4. The Morgan fingerprint density at radius 3 is 2.29 bits per heavy atom. The number of ether oxygens (including phenoxy) is 2. The van der Waals surface area contributed by atoms with E-state index in [1.165, 1.54) is 4.90 Å². The second-order valence-electron chi connectivity index (χ2n) is 8.09. The molecule has 2 fully saturated rings. The molecule has 1 aliphatic carbocycles. The molecule has 1 N–H and O–H groups in total. The van der Waals surface area contributed by atoms with Crippen molar-refractivity contribution in [3.05, 3.63) is 54.1 Å². The van der Waals surface area contributed by atoms with Gasteiger partial charge in [-0.25, -0.2) is 4.79 Å². The van der Waals surface area contributed by atoms with Gasteiger partial charge in [0.25, 0.3) is 5.91 Å². The first-order valence-corrected chi connectivity index (χ1v) is 11.8. The molecule has 2 aromatic carbocycles. The maximum absolute atomic E-state index is 13.4.